The van der Waals surface area contributed by atoms with Crippen molar-refractivity contribution in [3.8, 4) is 0 Å². The number of carbonyl (C=O) groups is 1. The van der Waals surface area contributed by atoms with Gasteiger partial charge in [0.25, 0.3) is 11.5 Å². The Morgan fingerprint density at radius 2 is 1.91 bits per heavy atom. The molecule has 0 aliphatic heterocycles. The van der Waals surface area contributed by atoms with Crippen LogP contribution in [-0.4, -0.2) is 22.1 Å². The largest absolute Gasteiger partial charge is 0.318 e. The molecular weight excluding hydrogens is 369 g/mol. The number of hydrogen-bond acceptors (Lipinski definition) is 4. The molecule has 116 valence electrons. The molecule has 0 saturated heterocycles. The molecule has 1 amide bonds. The average molecular weight is 379 g/mol. The number of carbonyl (C=O) groups excluding carboxylic acids is 1. The van der Waals surface area contributed by atoms with Crippen LogP contribution in [0.2, 0.25) is 15.1 Å². The van der Waals surface area contributed by atoms with E-state index in [1.165, 1.54) is 23.9 Å². The summed E-state index contributed by atoms with van der Waals surface area (Å²) in [6, 6.07) is 4.01. The number of benzene rings is 1. The van der Waals surface area contributed by atoms with Gasteiger partial charge in [0, 0.05) is 11.1 Å². The molecule has 0 atom stereocenters. The minimum Gasteiger partial charge on any atom is -0.318 e. The van der Waals surface area contributed by atoms with E-state index < -0.39 is 11.5 Å². The minimum absolute atomic E-state index is 0.0186. The van der Waals surface area contributed by atoms with Crippen LogP contribution in [0.4, 0.5) is 5.69 Å². The number of nitrogens with one attached hydrogen (secondary N) is 2. The molecule has 22 heavy (non-hydrogen) atoms. The summed E-state index contributed by atoms with van der Waals surface area (Å²) in [6.45, 7) is 0. The first kappa shape index (κ1) is 17.1. The van der Waals surface area contributed by atoms with Gasteiger partial charge in [0.05, 0.1) is 21.5 Å². The lowest BCUT2D eigenvalue weighted by atomic mass is 10.3. The number of halogens is 3. The van der Waals surface area contributed by atoms with Crippen LogP contribution in [0, 0.1) is 0 Å². The third-order valence-corrected chi connectivity index (χ3v) is 3.93. The summed E-state index contributed by atoms with van der Waals surface area (Å²) in [5.41, 5.74) is -0.210. The Balaban J connectivity index is 2.32. The average Bonchev–Trinajstić information content (AvgIpc) is 2.42. The Morgan fingerprint density at radius 1 is 1.27 bits per heavy atom. The highest BCUT2D eigenvalue weighted by Gasteiger charge is 2.15. The Labute approximate surface area is 145 Å². The summed E-state index contributed by atoms with van der Waals surface area (Å²) < 4.78 is 0. The molecule has 1 aromatic carbocycles. The minimum atomic E-state index is -0.584. The van der Waals surface area contributed by atoms with Crippen molar-refractivity contribution in [1.29, 1.82) is 0 Å². The van der Waals surface area contributed by atoms with Gasteiger partial charge < -0.3 is 10.3 Å². The van der Waals surface area contributed by atoms with Crippen LogP contribution >= 0.6 is 46.6 Å². The summed E-state index contributed by atoms with van der Waals surface area (Å²) in [5, 5.41) is 3.28. The van der Waals surface area contributed by atoms with Gasteiger partial charge in [-0.15, -0.1) is 0 Å². The molecular formula is C13H10Cl3N3O2S. The van der Waals surface area contributed by atoms with E-state index in [9.17, 15) is 9.59 Å². The number of anilines is 1. The van der Waals surface area contributed by atoms with Crippen LogP contribution in [0.15, 0.2) is 23.0 Å². The van der Waals surface area contributed by atoms with Crippen LogP contribution in [0.1, 0.15) is 16.3 Å². The molecule has 2 rings (SSSR count). The Morgan fingerprint density at radius 3 is 2.50 bits per heavy atom. The summed E-state index contributed by atoms with van der Waals surface area (Å²) in [7, 11) is 0. The van der Waals surface area contributed by atoms with Crippen LogP contribution < -0.4 is 10.9 Å². The zero-order valence-corrected chi connectivity index (χ0v) is 14.3. The molecule has 0 aliphatic rings. The molecule has 0 fully saturated rings. The Kier molecular flexibility index (Phi) is 5.74. The van der Waals surface area contributed by atoms with Crippen LogP contribution in [0.3, 0.4) is 0 Å². The van der Waals surface area contributed by atoms with Gasteiger partial charge in [-0.1, -0.05) is 34.8 Å². The van der Waals surface area contributed by atoms with Gasteiger partial charge in [-0.05, 0) is 18.4 Å². The molecule has 1 heterocycles. The lowest BCUT2D eigenvalue weighted by Gasteiger charge is -2.10. The number of amides is 1. The van der Waals surface area contributed by atoms with E-state index in [4.69, 9.17) is 34.8 Å². The van der Waals surface area contributed by atoms with Crippen LogP contribution in [0.25, 0.3) is 0 Å². The van der Waals surface area contributed by atoms with E-state index in [1.807, 2.05) is 6.26 Å². The van der Waals surface area contributed by atoms with Gasteiger partial charge in [-0.2, -0.15) is 11.8 Å². The fraction of sp³-hybridized carbons (Fsp3) is 0.154. The van der Waals surface area contributed by atoms with Gasteiger partial charge in [-0.25, -0.2) is 4.98 Å². The number of H-pyrrole nitrogens is 1. The SMILES string of the molecule is CSCc1nc(C(=O)Nc2c(Cl)cc(Cl)cc2Cl)cc(=O)[nH]1. The van der Waals surface area contributed by atoms with Crippen molar-refractivity contribution >= 4 is 58.2 Å². The monoisotopic (exact) mass is 377 g/mol. The molecule has 0 unspecified atom stereocenters. The zero-order valence-electron chi connectivity index (χ0n) is 11.2. The third kappa shape index (κ3) is 4.16. The molecule has 0 spiro atoms. The van der Waals surface area contributed by atoms with Crippen molar-refractivity contribution in [2.45, 2.75) is 5.75 Å². The molecule has 0 radical (unpaired) electrons. The van der Waals surface area contributed by atoms with E-state index >= 15 is 0 Å². The van der Waals surface area contributed by atoms with Crippen LogP contribution in [0.5, 0.6) is 0 Å². The Bertz CT molecular complexity index is 756. The Hall–Kier alpha value is -1.21. The molecule has 2 aromatic rings. The summed E-state index contributed by atoms with van der Waals surface area (Å²) in [4.78, 5) is 30.5. The predicted octanol–water partition coefficient (Wildman–Crippen LogP) is 3.85. The topological polar surface area (TPSA) is 74.8 Å². The summed E-state index contributed by atoms with van der Waals surface area (Å²) in [6.07, 6.45) is 1.86. The first-order valence-electron chi connectivity index (χ1n) is 5.95. The second kappa shape index (κ2) is 7.37. The number of hydrogen-bond donors (Lipinski definition) is 2. The van der Waals surface area contributed by atoms with Crippen molar-refractivity contribution in [2.75, 3.05) is 11.6 Å². The van der Waals surface area contributed by atoms with E-state index in [0.29, 0.717) is 16.6 Å². The van der Waals surface area contributed by atoms with Crippen molar-refractivity contribution in [2.24, 2.45) is 0 Å². The molecule has 0 aliphatic carbocycles. The van der Waals surface area contributed by atoms with Crippen LogP contribution in [-0.2, 0) is 5.75 Å². The van der Waals surface area contributed by atoms with Gasteiger partial charge in [-0.3, -0.25) is 9.59 Å². The number of rotatable bonds is 4. The van der Waals surface area contributed by atoms with E-state index in [2.05, 4.69) is 15.3 Å². The van der Waals surface area contributed by atoms with Gasteiger partial charge in [0.2, 0.25) is 0 Å². The molecule has 0 bridgehead atoms. The zero-order chi connectivity index (χ0) is 16.3. The summed E-state index contributed by atoms with van der Waals surface area (Å²) in [5.74, 6) is 0.316. The van der Waals surface area contributed by atoms with Crippen molar-refractivity contribution < 1.29 is 4.79 Å². The lowest BCUT2D eigenvalue weighted by molar-refractivity contribution is 0.102. The van der Waals surface area contributed by atoms with Gasteiger partial charge in [0.1, 0.15) is 11.5 Å². The molecule has 2 N–H and O–H groups in total. The fourth-order valence-corrected chi connectivity index (χ4v) is 2.99. The van der Waals surface area contributed by atoms with E-state index in [0.717, 1.165) is 6.07 Å². The quantitative estimate of drug-likeness (QED) is 0.847. The lowest BCUT2D eigenvalue weighted by Crippen LogP contribution is -2.20. The molecule has 5 nitrogen and oxygen atoms in total. The fourth-order valence-electron chi connectivity index (χ4n) is 1.67. The number of aromatic amines is 1. The highest BCUT2D eigenvalue weighted by atomic mass is 35.5. The van der Waals surface area contributed by atoms with Gasteiger partial charge in [0.15, 0.2) is 0 Å². The molecule has 0 saturated carbocycles. The molecule has 1 aromatic heterocycles. The normalized spacial score (nSPS) is 10.5. The number of aromatic nitrogens is 2. The first-order chi connectivity index (χ1) is 10.4. The summed E-state index contributed by atoms with van der Waals surface area (Å²) >= 11 is 19.3. The van der Waals surface area contributed by atoms with Crippen molar-refractivity contribution in [3.63, 3.8) is 0 Å². The predicted molar refractivity (Wildman–Crippen MR) is 91.5 cm³/mol. The smallest absolute Gasteiger partial charge is 0.274 e. The maximum atomic E-state index is 12.2. The second-order valence-electron chi connectivity index (χ2n) is 4.21. The maximum Gasteiger partial charge on any atom is 0.274 e. The standard InChI is InChI=1S/C13H10Cl3N3O2S/c1-22-5-10-17-9(4-11(20)18-10)13(21)19-12-7(15)2-6(14)3-8(12)16/h2-4H,5H2,1H3,(H,19,21)(H,17,18,20). The van der Waals surface area contributed by atoms with Crippen molar-refractivity contribution in [3.05, 3.63) is 55.1 Å². The van der Waals surface area contributed by atoms with Crippen molar-refractivity contribution in [1.82, 2.24) is 9.97 Å². The number of nitrogens with zero attached hydrogens (tertiary/aromatic N) is 1. The van der Waals surface area contributed by atoms with E-state index in [-0.39, 0.29) is 21.4 Å². The highest BCUT2D eigenvalue weighted by molar-refractivity contribution is 7.97. The second-order valence-corrected chi connectivity index (χ2v) is 6.33. The van der Waals surface area contributed by atoms with Gasteiger partial charge >= 0.3 is 0 Å². The highest BCUT2D eigenvalue weighted by Crippen LogP contribution is 2.33. The number of thioether (sulfide) groups is 1. The molecule has 9 heteroatoms. The third-order valence-electron chi connectivity index (χ3n) is 2.55. The maximum absolute atomic E-state index is 12.2. The first-order valence-corrected chi connectivity index (χ1v) is 8.48. The van der Waals surface area contributed by atoms with E-state index in [1.54, 1.807) is 0 Å².